The molecule has 0 radical (unpaired) electrons. The van der Waals surface area contributed by atoms with Crippen molar-refractivity contribution >= 4 is 17.4 Å². The number of rotatable bonds is 2. The van der Waals surface area contributed by atoms with Crippen molar-refractivity contribution < 1.29 is 9.18 Å². The van der Waals surface area contributed by atoms with Gasteiger partial charge < -0.3 is 0 Å². The number of hydrogen-bond acceptors (Lipinski definition) is 2. The van der Waals surface area contributed by atoms with Crippen molar-refractivity contribution in [1.82, 2.24) is 4.98 Å². The SMILES string of the molecule is CCC(=O)c1cc(Cl)ncc1F. The molecule has 0 aliphatic heterocycles. The van der Waals surface area contributed by atoms with Crippen LogP contribution in [0.15, 0.2) is 12.3 Å². The lowest BCUT2D eigenvalue weighted by Crippen LogP contribution is -2.01. The summed E-state index contributed by atoms with van der Waals surface area (Å²) in [5.41, 5.74) is 0.0116. The van der Waals surface area contributed by atoms with Gasteiger partial charge in [-0.1, -0.05) is 18.5 Å². The molecule has 0 N–H and O–H groups in total. The van der Waals surface area contributed by atoms with Gasteiger partial charge in [0.1, 0.15) is 5.15 Å². The van der Waals surface area contributed by atoms with E-state index in [9.17, 15) is 9.18 Å². The van der Waals surface area contributed by atoms with Crippen LogP contribution in [-0.2, 0) is 0 Å². The van der Waals surface area contributed by atoms with Gasteiger partial charge in [-0.25, -0.2) is 9.37 Å². The molecule has 0 saturated carbocycles. The van der Waals surface area contributed by atoms with Crippen molar-refractivity contribution in [2.75, 3.05) is 0 Å². The van der Waals surface area contributed by atoms with E-state index in [0.717, 1.165) is 6.20 Å². The molecule has 12 heavy (non-hydrogen) atoms. The van der Waals surface area contributed by atoms with E-state index in [-0.39, 0.29) is 22.9 Å². The Bertz CT molecular complexity index is 314. The molecule has 1 heterocycles. The van der Waals surface area contributed by atoms with Crippen LogP contribution in [0, 0.1) is 5.82 Å². The summed E-state index contributed by atoms with van der Waals surface area (Å²) < 4.78 is 12.9. The predicted octanol–water partition coefficient (Wildman–Crippen LogP) is 2.47. The smallest absolute Gasteiger partial charge is 0.165 e. The van der Waals surface area contributed by atoms with Crippen LogP contribution in [0.2, 0.25) is 5.15 Å². The molecule has 0 aliphatic rings. The molecule has 0 fully saturated rings. The first kappa shape index (κ1) is 9.13. The maximum Gasteiger partial charge on any atom is 0.165 e. The maximum atomic E-state index is 12.9. The molecule has 0 atom stereocenters. The van der Waals surface area contributed by atoms with Gasteiger partial charge in [-0.3, -0.25) is 4.79 Å². The highest BCUT2D eigenvalue weighted by Gasteiger charge is 2.10. The Morgan fingerprint density at radius 2 is 2.42 bits per heavy atom. The first-order valence-electron chi connectivity index (χ1n) is 3.49. The minimum Gasteiger partial charge on any atom is -0.294 e. The lowest BCUT2D eigenvalue weighted by Gasteiger charge is -1.98. The summed E-state index contributed by atoms with van der Waals surface area (Å²) in [6.07, 6.45) is 1.21. The average molecular weight is 188 g/mol. The van der Waals surface area contributed by atoms with Gasteiger partial charge in [0.2, 0.25) is 0 Å². The fourth-order valence-electron chi connectivity index (χ4n) is 0.817. The number of pyridine rings is 1. The first-order chi connectivity index (χ1) is 5.65. The molecule has 1 aromatic rings. The second-order valence-corrected chi connectivity index (χ2v) is 2.65. The summed E-state index contributed by atoms with van der Waals surface area (Å²) in [6, 6.07) is 1.24. The van der Waals surface area contributed by atoms with Gasteiger partial charge in [-0.05, 0) is 6.07 Å². The van der Waals surface area contributed by atoms with Crippen LogP contribution < -0.4 is 0 Å². The van der Waals surface area contributed by atoms with E-state index in [1.807, 2.05) is 0 Å². The Labute approximate surface area is 74.4 Å². The average Bonchev–Trinajstić information content (AvgIpc) is 2.08. The van der Waals surface area contributed by atoms with Crippen LogP contribution in [0.5, 0.6) is 0 Å². The largest absolute Gasteiger partial charge is 0.294 e. The van der Waals surface area contributed by atoms with Gasteiger partial charge in [0.25, 0.3) is 0 Å². The van der Waals surface area contributed by atoms with Crippen molar-refractivity contribution in [3.05, 3.63) is 28.8 Å². The van der Waals surface area contributed by atoms with E-state index in [1.54, 1.807) is 6.92 Å². The number of halogens is 2. The molecule has 0 spiro atoms. The molecule has 0 aliphatic carbocycles. The Morgan fingerprint density at radius 1 is 1.75 bits per heavy atom. The van der Waals surface area contributed by atoms with Gasteiger partial charge in [-0.2, -0.15) is 0 Å². The second kappa shape index (κ2) is 3.63. The van der Waals surface area contributed by atoms with Gasteiger partial charge in [0.05, 0.1) is 11.8 Å². The highest BCUT2D eigenvalue weighted by molar-refractivity contribution is 6.29. The van der Waals surface area contributed by atoms with Gasteiger partial charge in [-0.15, -0.1) is 0 Å². The topological polar surface area (TPSA) is 30.0 Å². The van der Waals surface area contributed by atoms with Crippen LogP contribution in [0.3, 0.4) is 0 Å². The van der Waals surface area contributed by atoms with Crippen LogP contribution in [-0.4, -0.2) is 10.8 Å². The molecule has 1 aromatic heterocycles. The lowest BCUT2D eigenvalue weighted by molar-refractivity contribution is 0.0984. The minimum atomic E-state index is -0.619. The van der Waals surface area contributed by atoms with Gasteiger partial charge >= 0.3 is 0 Å². The standard InChI is InChI=1S/C8H7ClFNO/c1-2-7(12)5-3-8(9)11-4-6(5)10/h3-4H,2H2,1H3. The quantitative estimate of drug-likeness (QED) is 0.526. The highest BCUT2D eigenvalue weighted by atomic mass is 35.5. The Kier molecular flexibility index (Phi) is 2.76. The number of ketones is 1. The number of aromatic nitrogens is 1. The number of Topliss-reactive ketones (excluding diaryl/α,β-unsaturated/α-hetero) is 1. The third-order valence-corrected chi connectivity index (χ3v) is 1.65. The first-order valence-corrected chi connectivity index (χ1v) is 3.87. The van der Waals surface area contributed by atoms with Gasteiger partial charge in [0, 0.05) is 6.42 Å². The van der Waals surface area contributed by atoms with Crippen molar-refractivity contribution in [3.63, 3.8) is 0 Å². The van der Waals surface area contributed by atoms with Crippen molar-refractivity contribution in [2.24, 2.45) is 0 Å². The number of hydrogen-bond donors (Lipinski definition) is 0. The molecule has 0 bridgehead atoms. The molecule has 0 unspecified atom stereocenters. The molecular weight excluding hydrogens is 181 g/mol. The van der Waals surface area contributed by atoms with Crippen LogP contribution in [0.1, 0.15) is 23.7 Å². The summed E-state index contributed by atoms with van der Waals surface area (Å²) in [4.78, 5) is 14.6. The molecule has 1 rings (SSSR count). The van der Waals surface area contributed by atoms with E-state index in [0.29, 0.717) is 0 Å². The summed E-state index contributed by atoms with van der Waals surface area (Å²) in [5.74, 6) is -0.886. The zero-order valence-corrected chi connectivity index (χ0v) is 7.23. The van der Waals surface area contributed by atoms with Crippen molar-refractivity contribution in [2.45, 2.75) is 13.3 Å². The summed E-state index contributed by atoms with van der Waals surface area (Å²) in [5, 5.41) is 0.133. The second-order valence-electron chi connectivity index (χ2n) is 2.26. The minimum absolute atomic E-state index is 0.0116. The normalized spacial score (nSPS) is 9.92. The van der Waals surface area contributed by atoms with Crippen LogP contribution >= 0.6 is 11.6 Å². The number of nitrogens with zero attached hydrogens (tertiary/aromatic N) is 1. The highest BCUT2D eigenvalue weighted by Crippen LogP contribution is 2.13. The van der Waals surface area contributed by atoms with E-state index >= 15 is 0 Å². The molecular formula is C8H7ClFNO. The molecule has 2 nitrogen and oxygen atoms in total. The maximum absolute atomic E-state index is 12.9. The van der Waals surface area contributed by atoms with E-state index in [4.69, 9.17) is 11.6 Å². The van der Waals surface area contributed by atoms with E-state index < -0.39 is 5.82 Å². The Morgan fingerprint density at radius 3 is 3.00 bits per heavy atom. The predicted molar refractivity (Wildman–Crippen MR) is 43.8 cm³/mol. The van der Waals surface area contributed by atoms with E-state index in [2.05, 4.69) is 4.98 Å². The Balaban J connectivity index is 3.13. The van der Waals surface area contributed by atoms with E-state index in [1.165, 1.54) is 6.07 Å². The lowest BCUT2D eigenvalue weighted by atomic mass is 10.1. The fraction of sp³-hybridized carbons (Fsp3) is 0.250. The number of carbonyl (C=O) groups is 1. The molecule has 0 saturated heterocycles. The van der Waals surface area contributed by atoms with Crippen molar-refractivity contribution in [3.8, 4) is 0 Å². The monoisotopic (exact) mass is 187 g/mol. The summed E-state index contributed by atoms with van der Waals surface area (Å²) in [7, 11) is 0. The summed E-state index contributed by atoms with van der Waals surface area (Å²) >= 11 is 5.49. The molecule has 0 aromatic carbocycles. The van der Waals surface area contributed by atoms with Crippen LogP contribution in [0.25, 0.3) is 0 Å². The fourth-order valence-corrected chi connectivity index (χ4v) is 0.975. The summed E-state index contributed by atoms with van der Waals surface area (Å²) in [6.45, 7) is 1.66. The molecule has 0 amide bonds. The number of carbonyl (C=O) groups excluding carboxylic acids is 1. The zero-order valence-electron chi connectivity index (χ0n) is 6.47. The van der Waals surface area contributed by atoms with Gasteiger partial charge in [0.15, 0.2) is 11.6 Å². The molecule has 4 heteroatoms. The van der Waals surface area contributed by atoms with Crippen LogP contribution in [0.4, 0.5) is 4.39 Å². The third-order valence-electron chi connectivity index (χ3n) is 1.44. The Hall–Kier alpha value is -0.960. The third kappa shape index (κ3) is 1.80. The van der Waals surface area contributed by atoms with Crippen molar-refractivity contribution in [1.29, 1.82) is 0 Å². The molecule has 64 valence electrons. The zero-order chi connectivity index (χ0) is 9.14.